The normalized spacial score (nSPS) is 17.1. The molecule has 180 valence electrons. The Bertz CT molecular complexity index is 1390. The number of thiazole rings is 1. The summed E-state index contributed by atoms with van der Waals surface area (Å²) >= 11 is 1.64. The van der Waals surface area contributed by atoms with E-state index in [1.807, 2.05) is 28.7 Å². The molecule has 2 aliphatic rings. The zero-order chi connectivity index (χ0) is 23.6. The van der Waals surface area contributed by atoms with Gasteiger partial charge in [0.1, 0.15) is 5.65 Å². The number of aromatic nitrogens is 3. The van der Waals surface area contributed by atoms with E-state index in [0.29, 0.717) is 13.0 Å². The summed E-state index contributed by atoms with van der Waals surface area (Å²) < 4.78 is 6.55. The van der Waals surface area contributed by atoms with Gasteiger partial charge in [-0.1, -0.05) is 6.08 Å². The number of anilines is 2. The zero-order valence-corrected chi connectivity index (χ0v) is 20.3. The molecule has 5 heterocycles. The predicted molar refractivity (Wildman–Crippen MR) is 140 cm³/mol. The van der Waals surface area contributed by atoms with Gasteiger partial charge in [-0.3, -0.25) is 9.69 Å². The molecule has 0 aliphatic carbocycles. The number of nitrogens with one attached hydrogen (secondary N) is 2. The molecular weight excluding hydrogens is 460 g/mol. The van der Waals surface area contributed by atoms with E-state index in [1.54, 1.807) is 11.3 Å². The minimum absolute atomic E-state index is 0.231. The lowest BCUT2D eigenvalue weighted by Crippen LogP contribution is -2.40. The summed E-state index contributed by atoms with van der Waals surface area (Å²) in [6.07, 6.45) is 5.40. The van der Waals surface area contributed by atoms with Gasteiger partial charge in [-0.25, -0.2) is 9.97 Å². The zero-order valence-electron chi connectivity index (χ0n) is 19.5. The van der Waals surface area contributed by atoms with Gasteiger partial charge in [0.2, 0.25) is 5.91 Å². The fraction of sp³-hybridized carbons (Fsp3) is 0.346. The van der Waals surface area contributed by atoms with Crippen LogP contribution in [0.2, 0.25) is 0 Å². The van der Waals surface area contributed by atoms with Crippen LogP contribution in [-0.4, -0.2) is 76.6 Å². The quantitative estimate of drug-likeness (QED) is 0.422. The third-order valence-corrected chi connectivity index (χ3v) is 7.59. The summed E-state index contributed by atoms with van der Waals surface area (Å²) in [5, 5.41) is 4.60. The number of pyridine rings is 1. The number of H-pyrrole nitrogens is 1. The van der Waals surface area contributed by atoms with Gasteiger partial charge in [0, 0.05) is 62.1 Å². The molecule has 0 radical (unpaired) electrons. The van der Waals surface area contributed by atoms with Crippen LogP contribution in [0.1, 0.15) is 18.5 Å². The number of aromatic amines is 1. The van der Waals surface area contributed by atoms with E-state index >= 15 is 0 Å². The van der Waals surface area contributed by atoms with E-state index < -0.39 is 0 Å². The van der Waals surface area contributed by atoms with Crippen molar-refractivity contribution in [1.29, 1.82) is 0 Å². The maximum absolute atomic E-state index is 12.7. The number of hydrogen-bond acceptors (Lipinski definition) is 7. The van der Waals surface area contributed by atoms with Gasteiger partial charge in [0.15, 0.2) is 0 Å². The van der Waals surface area contributed by atoms with Crippen molar-refractivity contribution < 1.29 is 9.53 Å². The molecule has 1 fully saturated rings. The summed E-state index contributed by atoms with van der Waals surface area (Å²) in [4.78, 5) is 29.4. The first-order valence-electron chi connectivity index (χ1n) is 12.1. The Morgan fingerprint density at radius 3 is 2.91 bits per heavy atom. The Kier molecular flexibility index (Phi) is 6.20. The first-order chi connectivity index (χ1) is 17.2. The summed E-state index contributed by atoms with van der Waals surface area (Å²) in [6.45, 7) is 5.58. The van der Waals surface area contributed by atoms with Crippen molar-refractivity contribution in [2.45, 2.75) is 12.8 Å². The molecule has 0 spiro atoms. The van der Waals surface area contributed by atoms with Crippen LogP contribution in [0.15, 0.2) is 48.1 Å². The largest absolute Gasteiger partial charge is 0.379 e. The Hall–Kier alpha value is -3.27. The van der Waals surface area contributed by atoms with Crippen molar-refractivity contribution in [3.8, 4) is 0 Å². The van der Waals surface area contributed by atoms with Crippen molar-refractivity contribution in [1.82, 2.24) is 24.8 Å². The van der Waals surface area contributed by atoms with Crippen LogP contribution in [0.3, 0.4) is 0 Å². The highest BCUT2D eigenvalue weighted by Gasteiger charge is 2.20. The van der Waals surface area contributed by atoms with Gasteiger partial charge in [-0.15, -0.1) is 11.3 Å². The number of carbonyl (C=O) groups is 1. The minimum atomic E-state index is 0.231. The topological polar surface area (TPSA) is 86.4 Å². The van der Waals surface area contributed by atoms with E-state index in [4.69, 9.17) is 4.74 Å². The summed E-state index contributed by atoms with van der Waals surface area (Å²) in [5.74, 6) is 0.231. The molecule has 0 saturated carbocycles. The fourth-order valence-corrected chi connectivity index (χ4v) is 5.49. The summed E-state index contributed by atoms with van der Waals surface area (Å²) in [5.41, 5.74) is 8.08. The standard InChI is InChI=1S/C26H28N6O2S/c33-25(6-8-31-11-13-34-14-12-31)32-9-4-18(5-10-32)23-16-20-21(3-7-27-26(20)30-23)29-19-1-2-22-24(15-19)35-17-28-22/h1-4,7,15-17H,5-6,8-14H2,(H2,27,29,30). The highest BCUT2D eigenvalue weighted by molar-refractivity contribution is 7.16. The first kappa shape index (κ1) is 22.2. The lowest BCUT2D eigenvalue weighted by molar-refractivity contribution is -0.131. The molecule has 1 amide bonds. The van der Waals surface area contributed by atoms with E-state index in [9.17, 15) is 4.79 Å². The Morgan fingerprint density at radius 2 is 2.06 bits per heavy atom. The molecule has 6 rings (SSSR count). The third-order valence-electron chi connectivity index (χ3n) is 6.80. The lowest BCUT2D eigenvalue weighted by atomic mass is 10.0. The Morgan fingerprint density at radius 1 is 1.14 bits per heavy atom. The van der Waals surface area contributed by atoms with Crippen LogP contribution in [0, 0.1) is 0 Å². The fourth-order valence-electron chi connectivity index (χ4n) is 4.77. The molecule has 2 N–H and O–H groups in total. The van der Waals surface area contributed by atoms with Crippen LogP contribution in [0.4, 0.5) is 11.4 Å². The van der Waals surface area contributed by atoms with E-state index in [-0.39, 0.29) is 5.91 Å². The second-order valence-corrected chi connectivity index (χ2v) is 9.87. The SMILES string of the molecule is O=C(CCN1CCOCC1)N1CC=C(c2cc3c(Nc4ccc5ncsc5c4)ccnc3[nH]2)CC1. The van der Waals surface area contributed by atoms with Crippen LogP contribution in [0.5, 0.6) is 0 Å². The van der Waals surface area contributed by atoms with E-state index in [2.05, 4.69) is 49.4 Å². The average molecular weight is 489 g/mol. The van der Waals surface area contributed by atoms with Crippen molar-refractivity contribution in [2.24, 2.45) is 0 Å². The highest BCUT2D eigenvalue weighted by Crippen LogP contribution is 2.31. The molecule has 0 unspecified atom stereocenters. The van der Waals surface area contributed by atoms with Crippen LogP contribution in [0.25, 0.3) is 26.8 Å². The maximum atomic E-state index is 12.7. The second kappa shape index (κ2) is 9.77. The molecule has 3 aromatic heterocycles. The van der Waals surface area contributed by atoms with E-state index in [1.165, 1.54) is 5.57 Å². The van der Waals surface area contributed by atoms with Crippen molar-refractivity contribution >= 4 is 55.4 Å². The molecule has 35 heavy (non-hydrogen) atoms. The lowest BCUT2D eigenvalue weighted by Gasteiger charge is -2.29. The van der Waals surface area contributed by atoms with Crippen LogP contribution < -0.4 is 5.32 Å². The number of morpholine rings is 1. The first-order valence-corrected chi connectivity index (χ1v) is 13.0. The molecule has 4 aromatic rings. The molecule has 1 saturated heterocycles. The molecule has 0 atom stereocenters. The average Bonchev–Trinajstić information content (AvgIpc) is 3.55. The van der Waals surface area contributed by atoms with Crippen molar-refractivity contribution in [3.05, 3.63) is 53.8 Å². The molecule has 1 aromatic carbocycles. The molecule has 0 bridgehead atoms. The van der Waals surface area contributed by atoms with Gasteiger partial charge in [-0.2, -0.15) is 0 Å². The number of amides is 1. The number of nitrogens with zero attached hydrogens (tertiary/aromatic N) is 4. The summed E-state index contributed by atoms with van der Waals surface area (Å²) in [6, 6.07) is 10.4. The number of benzene rings is 1. The maximum Gasteiger partial charge on any atom is 0.224 e. The number of ether oxygens (including phenoxy) is 1. The van der Waals surface area contributed by atoms with Crippen molar-refractivity contribution in [2.75, 3.05) is 51.3 Å². The molecule has 2 aliphatic heterocycles. The predicted octanol–water partition coefficient (Wildman–Crippen LogP) is 4.25. The number of fused-ring (bicyclic) bond motifs is 2. The Balaban J connectivity index is 1.14. The highest BCUT2D eigenvalue weighted by atomic mass is 32.1. The number of carbonyl (C=O) groups excluding carboxylic acids is 1. The van der Waals surface area contributed by atoms with Crippen molar-refractivity contribution in [3.63, 3.8) is 0 Å². The summed E-state index contributed by atoms with van der Waals surface area (Å²) in [7, 11) is 0. The molecule has 9 heteroatoms. The molecular formula is C26H28N6O2S. The minimum Gasteiger partial charge on any atom is -0.379 e. The smallest absolute Gasteiger partial charge is 0.224 e. The molecule has 8 nitrogen and oxygen atoms in total. The Labute approximate surface area is 207 Å². The van der Waals surface area contributed by atoms with Crippen LogP contribution in [-0.2, 0) is 9.53 Å². The monoisotopic (exact) mass is 488 g/mol. The van der Waals surface area contributed by atoms with Gasteiger partial charge < -0.3 is 19.9 Å². The van der Waals surface area contributed by atoms with Crippen LogP contribution >= 0.6 is 11.3 Å². The number of hydrogen-bond donors (Lipinski definition) is 2. The van der Waals surface area contributed by atoms with Gasteiger partial charge in [-0.05, 0) is 42.3 Å². The van der Waals surface area contributed by atoms with E-state index in [0.717, 1.165) is 84.1 Å². The van der Waals surface area contributed by atoms with Gasteiger partial charge in [0.05, 0.1) is 34.6 Å². The second-order valence-electron chi connectivity index (χ2n) is 8.99. The van der Waals surface area contributed by atoms with Gasteiger partial charge >= 0.3 is 0 Å². The third kappa shape index (κ3) is 4.80. The number of rotatable bonds is 6. The van der Waals surface area contributed by atoms with Gasteiger partial charge in [0.25, 0.3) is 0 Å².